The maximum atomic E-state index is 12.9. The number of hydrogen-bond donors (Lipinski definition) is 0. The Kier molecular flexibility index (Phi) is 4.26. The van der Waals surface area contributed by atoms with Crippen LogP contribution in [-0.4, -0.2) is 41.5 Å². The number of esters is 1. The number of imidazole rings is 1. The summed E-state index contributed by atoms with van der Waals surface area (Å²) in [6.45, 7) is 5.60. The smallest absolute Gasteiger partial charge is 0.333 e. The monoisotopic (exact) mass is 360 g/mol. The number of carbonyl (C=O) groups excluding carboxylic acids is 1. The molecule has 0 aromatic carbocycles. The summed E-state index contributed by atoms with van der Waals surface area (Å²) in [5.41, 5.74) is 0.928. The van der Waals surface area contributed by atoms with Crippen molar-refractivity contribution in [2.24, 2.45) is 7.05 Å². The molecule has 0 bridgehead atoms. The Balaban J connectivity index is 2.40. The second kappa shape index (κ2) is 6.28. The highest BCUT2D eigenvalue weighted by Crippen LogP contribution is 2.17. The molecule has 0 radical (unpaired) electrons. The van der Waals surface area contributed by atoms with Crippen LogP contribution in [0.5, 0.6) is 0 Å². The summed E-state index contributed by atoms with van der Waals surface area (Å²) in [4.78, 5) is 41.5. The third-order valence-electron chi connectivity index (χ3n) is 4.24. The fraction of sp³-hybridized carbons (Fsp3) is 0.438. The van der Waals surface area contributed by atoms with Crippen LogP contribution in [-0.2, 0) is 29.7 Å². The van der Waals surface area contributed by atoms with Crippen LogP contribution in [0.2, 0.25) is 0 Å². The van der Waals surface area contributed by atoms with Crippen molar-refractivity contribution >= 4 is 17.1 Å². The third kappa shape index (κ3) is 2.54. The molecule has 138 valence electrons. The normalized spacial score (nSPS) is 11.3. The van der Waals surface area contributed by atoms with Gasteiger partial charge < -0.3 is 9.30 Å². The average molecular weight is 360 g/mol. The SMILES string of the molecule is CCn1c(-n2nc(C)cc2C)nc2c1c(=O)n(CC(=O)OC)c(=O)n2C. The number of aromatic nitrogens is 6. The molecule has 3 heterocycles. The number of fused-ring (bicyclic) bond motifs is 1. The van der Waals surface area contributed by atoms with Crippen LogP contribution in [0.25, 0.3) is 17.1 Å². The van der Waals surface area contributed by atoms with Gasteiger partial charge in [0.1, 0.15) is 6.54 Å². The molecule has 0 amide bonds. The molecule has 3 aromatic heterocycles. The van der Waals surface area contributed by atoms with Crippen LogP contribution >= 0.6 is 0 Å². The predicted molar refractivity (Wildman–Crippen MR) is 93.5 cm³/mol. The van der Waals surface area contributed by atoms with Gasteiger partial charge in [-0.1, -0.05) is 0 Å². The van der Waals surface area contributed by atoms with Gasteiger partial charge in [0.2, 0.25) is 5.95 Å². The Bertz CT molecular complexity index is 1130. The Morgan fingerprint density at radius 1 is 1.23 bits per heavy atom. The highest BCUT2D eigenvalue weighted by atomic mass is 16.5. The van der Waals surface area contributed by atoms with E-state index < -0.39 is 23.8 Å². The molecule has 3 aromatic rings. The van der Waals surface area contributed by atoms with E-state index in [0.29, 0.717) is 12.5 Å². The molecule has 0 fully saturated rings. The molecule has 0 N–H and O–H groups in total. The minimum atomic E-state index is -0.676. The van der Waals surface area contributed by atoms with Gasteiger partial charge in [0, 0.05) is 19.3 Å². The molecule has 3 rings (SSSR count). The Morgan fingerprint density at radius 2 is 1.92 bits per heavy atom. The zero-order valence-corrected chi connectivity index (χ0v) is 15.3. The summed E-state index contributed by atoms with van der Waals surface area (Å²) >= 11 is 0. The van der Waals surface area contributed by atoms with E-state index in [9.17, 15) is 14.4 Å². The van der Waals surface area contributed by atoms with E-state index in [1.54, 1.807) is 9.25 Å². The van der Waals surface area contributed by atoms with Crippen molar-refractivity contribution in [3.63, 3.8) is 0 Å². The molecule has 0 atom stereocenters. The molecular formula is C16H20N6O4. The molecule has 26 heavy (non-hydrogen) atoms. The van der Waals surface area contributed by atoms with Crippen molar-refractivity contribution in [3.05, 3.63) is 38.3 Å². The van der Waals surface area contributed by atoms with Crippen LogP contribution < -0.4 is 11.2 Å². The maximum absolute atomic E-state index is 12.9. The molecule has 0 saturated carbocycles. The number of methoxy groups -OCH3 is 1. The number of nitrogens with zero attached hydrogens (tertiary/aromatic N) is 6. The Morgan fingerprint density at radius 3 is 2.46 bits per heavy atom. The Labute approximate surface area is 148 Å². The van der Waals surface area contributed by atoms with Gasteiger partial charge in [-0.15, -0.1) is 0 Å². The van der Waals surface area contributed by atoms with E-state index in [1.807, 2.05) is 26.8 Å². The van der Waals surface area contributed by atoms with Crippen molar-refractivity contribution in [2.45, 2.75) is 33.9 Å². The van der Waals surface area contributed by atoms with Crippen LogP contribution in [0, 0.1) is 13.8 Å². The third-order valence-corrected chi connectivity index (χ3v) is 4.24. The molecule has 0 aliphatic rings. The van der Waals surface area contributed by atoms with Crippen LogP contribution in [0.1, 0.15) is 18.3 Å². The first-order valence-electron chi connectivity index (χ1n) is 8.10. The van der Waals surface area contributed by atoms with Gasteiger partial charge >= 0.3 is 11.7 Å². The van der Waals surface area contributed by atoms with Gasteiger partial charge in [-0.2, -0.15) is 10.1 Å². The first kappa shape index (κ1) is 17.6. The van der Waals surface area contributed by atoms with E-state index >= 15 is 0 Å². The second-order valence-electron chi connectivity index (χ2n) is 5.98. The maximum Gasteiger partial charge on any atom is 0.333 e. The fourth-order valence-corrected chi connectivity index (χ4v) is 2.99. The molecular weight excluding hydrogens is 340 g/mol. The van der Waals surface area contributed by atoms with E-state index in [-0.39, 0.29) is 11.2 Å². The van der Waals surface area contributed by atoms with Crippen molar-refractivity contribution in [3.8, 4) is 5.95 Å². The lowest BCUT2D eigenvalue weighted by Crippen LogP contribution is -2.41. The molecule has 0 saturated heterocycles. The quantitative estimate of drug-likeness (QED) is 0.601. The second-order valence-corrected chi connectivity index (χ2v) is 5.98. The first-order valence-corrected chi connectivity index (χ1v) is 8.10. The molecule has 10 heteroatoms. The van der Waals surface area contributed by atoms with Crippen LogP contribution in [0.3, 0.4) is 0 Å². The lowest BCUT2D eigenvalue weighted by Gasteiger charge is -2.09. The zero-order chi connectivity index (χ0) is 19.2. The molecule has 0 aliphatic heterocycles. The van der Waals surface area contributed by atoms with Crippen LogP contribution in [0.4, 0.5) is 0 Å². The summed E-state index contributed by atoms with van der Waals surface area (Å²) in [6, 6.07) is 1.90. The van der Waals surface area contributed by atoms with Crippen molar-refractivity contribution in [1.82, 2.24) is 28.5 Å². The minimum Gasteiger partial charge on any atom is -0.468 e. The van der Waals surface area contributed by atoms with E-state index in [1.165, 1.54) is 18.7 Å². The average Bonchev–Trinajstić information content (AvgIpc) is 3.15. The van der Waals surface area contributed by atoms with Gasteiger partial charge in [0.05, 0.1) is 12.8 Å². The van der Waals surface area contributed by atoms with Gasteiger partial charge in [-0.3, -0.25) is 14.2 Å². The van der Waals surface area contributed by atoms with Gasteiger partial charge in [0.15, 0.2) is 11.2 Å². The summed E-state index contributed by atoms with van der Waals surface area (Å²) in [5.74, 6) is -0.235. The van der Waals surface area contributed by atoms with Crippen LogP contribution in [0.15, 0.2) is 15.7 Å². The molecule has 10 nitrogen and oxygen atoms in total. The van der Waals surface area contributed by atoms with E-state index in [0.717, 1.165) is 16.0 Å². The minimum absolute atomic E-state index is 0.237. The summed E-state index contributed by atoms with van der Waals surface area (Å²) < 4.78 is 10.0. The molecule has 0 unspecified atom stereocenters. The number of rotatable bonds is 4. The zero-order valence-electron chi connectivity index (χ0n) is 15.3. The summed E-state index contributed by atoms with van der Waals surface area (Å²) in [6.07, 6.45) is 0. The highest BCUT2D eigenvalue weighted by Gasteiger charge is 2.22. The molecule has 0 aliphatic carbocycles. The van der Waals surface area contributed by atoms with Gasteiger partial charge in [-0.05, 0) is 26.8 Å². The molecule has 0 spiro atoms. The van der Waals surface area contributed by atoms with Crippen molar-refractivity contribution < 1.29 is 9.53 Å². The lowest BCUT2D eigenvalue weighted by atomic mass is 10.4. The van der Waals surface area contributed by atoms with Gasteiger partial charge in [0.25, 0.3) is 5.56 Å². The van der Waals surface area contributed by atoms with Crippen molar-refractivity contribution in [1.29, 1.82) is 0 Å². The lowest BCUT2D eigenvalue weighted by molar-refractivity contribution is -0.141. The van der Waals surface area contributed by atoms with Crippen molar-refractivity contribution in [2.75, 3.05) is 7.11 Å². The topological polar surface area (TPSA) is 106 Å². The van der Waals surface area contributed by atoms with E-state index in [4.69, 9.17) is 0 Å². The highest BCUT2D eigenvalue weighted by molar-refractivity contribution is 5.74. The van der Waals surface area contributed by atoms with E-state index in [2.05, 4.69) is 14.8 Å². The first-order chi connectivity index (χ1) is 12.3. The number of carbonyl (C=O) groups is 1. The number of aryl methyl sites for hydroxylation is 4. The summed E-state index contributed by atoms with van der Waals surface area (Å²) in [7, 11) is 2.71. The largest absolute Gasteiger partial charge is 0.468 e. The number of hydrogen-bond acceptors (Lipinski definition) is 6. The standard InChI is InChI=1S/C16H20N6O4/c1-6-20-12-13(17-15(20)22-10(3)7-9(2)18-22)19(4)16(25)21(14(12)24)8-11(23)26-5/h7H,6,8H2,1-5H3. The summed E-state index contributed by atoms with van der Waals surface area (Å²) in [5, 5.41) is 4.41. The Hall–Kier alpha value is -3.17. The number of ether oxygens (including phenoxy) is 1. The fourth-order valence-electron chi connectivity index (χ4n) is 2.99. The predicted octanol–water partition coefficient (Wildman–Crippen LogP) is -0.108. The van der Waals surface area contributed by atoms with Gasteiger partial charge in [-0.25, -0.2) is 14.0 Å².